The van der Waals surface area contributed by atoms with Gasteiger partial charge in [0, 0.05) is 11.1 Å². The van der Waals surface area contributed by atoms with Crippen molar-refractivity contribution in [3.63, 3.8) is 0 Å². The number of hydrogen-bond donors (Lipinski definition) is 2. The van der Waals surface area contributed by atoms with Crippen molar-refractivity contribution in [2.24, 2.45) is 11.0 Å². The summed E-state index contributed by atoms with van der Waals surface area (Å²) in [5.41, 5.74) is 3.72. The van der Waals surface area contributed by atoms with Gasteiger partial charge in [0.25, 0.3) is 11.8 Å². The number of para-hydroxylation sites is 1. The highest BCUT2D eigenvalue weighted by Crippen LogP contribution is 2.30. The molecular formula is C25H33N3O4. The number of unbranched alkanes of at least 4 members (excludes halogenated alkanes) is 2. The first-order valence-corrected chi connectivity index (χ1v) is 11.0. The van der Waals surface area contributed by atoms with E-state index in [1.165, 1.54) is 6.21 Å². The van der Waals surface area contributed by atoms with E-state index >= 15 is 0 Å². The third-order valence-corrected chi connectivity index (χ3v) is 4.87. The van der Waals surface area contributed by atoms with Crippen LogP contribution in [0.5, 0.6) is 11.5 Å². The van der Waals surface area contributed by atoms with Crippen LogP contribution in [0.4, 0.5) is 0 Å². The van der Waals surface area contributed by atoms with Crippen LogP contribution in [0.2, 0.25) is 0 Å². The van der Waals surface area contributed by atoms with Crippen molar-refractivity contribution in [3.05, 3.63) is 59.7 Å². The molecule has 0 bridgehead atoms. The second kappa shape index (κ2) is 13.1. The SMILES string of the molecule is CCCCCOc1c(C=NNC(=O)C(NC(=O)c2ccccc2)C(C)C)cccc1OC. The van der Waals surface area contributed by atoms with Crippen LogP contribution < -0.4 is 20.2 Å². The largest absolute Gasteiger partial charge is 0.493 e. The predicted octanol–water partition coefficient (Wildman–Crippen LogP) is 4.17. The molecule has 0 spiro atoms. The van der Waals surface area contributed by atoms with Crippen LogP contribution in [0.1, 0.15) is 56.0 Å². The molecule has 32 heavy (non-hydrogen) atoms. The Morgan fingerprint density at radius 2 is 1.81 bits per heavy atom. The fraction of sp³-hybridized carbons (Fsp3) is 0.400. The lowest BCUT2D eigenvalue weighted by atomic mass is 10.0. The van der Waals surface area contributed by atoms with E-state index in [0.29, 0.717) is 29.2 Å². The molecule has 0 saturated heterocycles. The average molecular weight is 440 g/mol. The van der Waals surface area contributed by atoms with Crippen molar-refractivity contribution >= 4 is 18.0 Å². The van der Waals surface area contributed by atoms with Crippen LogP contribution in [-0.2, 0) is 4.79 Å². The molecule has 2 N–H and O–H groups in total. The lowest BCUT2D eigenvalue weighted by molar-refractivity contribution is -0.123. The maximum Gasteiger partial charge on any atom is 0.262 e. The number of benzene rings is 2. The molecule has 0 aliphatic heterocycles. The molecule has 2 rings (SSSR count). The molecule has 7 heteroatoms. The van der Waals surface area contributed by atoms with E-state index in [9.17, 15) is 9.59 Å². The number of rotatable bonds is 12. The van der Waals surface area contributed by atoms with Crippen molar-refractivity contribution in [1.82, 2.24) is 10.7 Å². The number of nitrogens with zero attached hydrogens (tertiary/aromatic N) is 1. The van der Waals surface area contributed by atoms with E-state index in [-0.39, 0.29) is 11.8 Å². The van der Waals surface area contributed by atoms with Gasteiger partial charge >= 0.3 is 0 Å². The van der Waals surface area contributed by atoms with Crippen LogP contribution in [-0.4, -0.2) is 37.8 Å². The van der Waals surface area contributed by atoms with Crippen molar-refractivity contribution in [1.29, 1.82) is 0 Å². The Balaban J connectivity index is 2.06. The lowest BCUT2D eigenvalue weighted by Gasteiger charge is -2.20. The first-order chi connectivity index (χ1) is 15.5. The first kappa shape index (κ1) is 24.9. The van der Waals surface area contributed by atoms with Crippen molar-refractivity contribution in [2.45, 2.75) is 46.1 Å². The summed E-state index contributed by atoms with van der Waals surface area (Å²) in [6, 6.07) is 13.6. The van der Waals surface area contributed by atoms with Gasteiger partial charge in [0.05, 0.1) is 19.9 Å². The van der Waals surface area contributed by atoms with E-state index in [0.717, 1.165) is 19.3 Å². The second-order valence-electron chi connectivity index (χ2n) is 7.73. The number of ether oxygens (including phenoxy) is 2. The summed E-state index contributed by atoms with van der Waals surface area (Å²) in [5, 5.41) is 6.88. The van der Waals surface area contributed by atoms with E-state index < -0.39 is 11.9 Å². The normalized spacial score (nSPS) is 11.9. The van der Waals surface area contributed by atoms with Gasteiger partial charge in [-0.1, -0.05) is 57.9 Å². The summed E-state index contributed by atoms with van der Waals surface area (Å²) in [5.74, 6) is 0.369. The van der Waals surface area contributed by atoms with E-state index in [1.54, 1.807) is 31.4 Å². The minimum atomic E-state index is -0.727. The number of amides is 2. The number of nitrogens with one attached hydrogen (secondary N) is 2. The zero-order valence-corrected chi connectivity index (χ0v) is 19.3. The molecule has 0 radical (unpaired) electrons. The van der Waals surface area contributed by atoms with Gasteiger partial charge in [0.15, 0.2) is 11.5 Å². The molecule has 172 valence electrons. The Labute approximate surface area is 190 Å². The standard InChI is InChI=1S/C25H33N3O4/c1-5-6-10-16-32-23-20(14-11-15-21(23)31-4)17-26-28-25(30)22(18(2)3)27-24(29)19-12-8-7-9-13-19/h7-9,11-15,17-18,22H,5-6,10,16H2,1-4H3,(H,27,29)(H,28,30). The van der Waals surface area contributed by atoms with Crippen LogP contribution in [0, 0.1) is 5.92 Å². The summed E-state index contributed by atoms with van der Waals surface area (Å²) in [6.45, 7) is 6.44. The quantitative estimate of drug-likeness (QED) is 0.295. The summed E-state index contributed by atoms with van der Waals surface area (Å²) in [7, 11) is 1.58. The molecule has 2 aromatic carbocycles. The summed E-state index contributed by atoms with van der Waals surface area (Å²) >= 11 is 0. The van der Waals surface area contributed by atoms with Crippen LogP contribution in [0.3, 0.4) is 0 Å². The third-order valence-electron chi connectivity index (χ3n) is 4.87. The van der Waals surface area contributed by atoms with E-state index in [4.69, 9.17) is 9.47 Å². The zero-order valence-electron chi connectivity index (χ0n) is 19.3. The van der Waals surface area contributed by atoms with Gasteiger partial charge in [-0.2, -0.15) is 5.10 Å². The molecule has 0 heterocycles. The molecular weight excluding hydrogens is 406 g/mol. The molecule has 0 fully saturated rings. The highest BCUT2D eigenvalue weighted by molar-refractivity contribution is 5.97. The maximum absolute atomic E-state index is 12.7. The molecule has 2 amide bonds. The second-order valence-corrected chi connectivity index (χ2v) is 7.73. The smallest absolute Gasteiger partial charge is 0.262 e. The Morgan fingerprint density at radius 3 is 2.47 bits per heavy atom. The molecule has 7 nitrogen and oxygen atoms in total. The van der Waals surface area contributed by atoms with E-state index in [1.807, 2.05) is 38.1 Å². The predicted molar refractivity (Wildman–Crippen MR) is 126 cm³/mol. The lowest BCUT2D eigenvalue weighted by Crippen LogP contribution is -2.48. The Hall–Kier alpha value is -3.35. The fourth-order valence-corrected chi connectivity index (χ4v) is 3.06. The average Bonchev–Trinajstić information content (AvgIpc) is 2.80. The summed E-state index contributed by atoms with van der Waals surface area (Å²) in [6.07, 6.45) is 4.65. The van der Waals surface area contributed by atoms with E-state index in [2.05, 4.69) is 22.8 Å². The summed E-state index contributed by atoms with van der Waals surface area (Å²) in [4.78, 5) is 25.2. The minimum Gasteiger partial charge on any atom is -0.493 e. The Bertz CT molecular complexity index is 897. The molecule has 2 aromatic rings. The van der Waals surface area contributed by atoms with Crippen LogP contribution >= 0.6 is 0 Å². The van der Waals surface area contributed by atoms with Crippen molar-refractivity contribution < 1.29 is 19.1 Å². The summed E-state index contributed by atoms with van der Waals surface area (Å²) < 4.78 is 11.3. The van der Waals surface area contributed by atoms with Gasteiger partial charge in [0.2, 0.25) is 0 Å². The number of hydrazone groups is 1. The highest BCUT2D eigenvalue weighted by Gasteiger charge is 2.24. The molecule has 0 aliphatic carbocycles. The van der Waals surface area contributed by atoms with Crippen LogP contribution in [0.15, 0.2) is 53.6 Å². The Kier molecular flexibility index (Phi) is 10.2. The molecule has 0 aliphatic rings. The van der Waals surface area contributed by atoms with Crippen LogP contribution in [0.25, 0.3) is 0 Å². The van der Waals surface area contributed by atoms with Crippen molar-refractivity contribution in [2.75, 3.05) is 13.7 Å². The van der Waals surface area contributed by atoms with Gasteiger partial charge in [-0.25, -0.2) is 5.43 Å². The number of hydrogen-bond acceptors (Lipinski definition) is 5. The molecule has 0 saturated carbocycles. The first-order valence-electron chi connectivity index (χ1n) is 11.0. The number of methoxy groups -OCH3 is 1. The highest BCUT2D eigenvalue weighted by atomic mass is 16.5. The monoisotopic (exact) mass is 439 g/mol. The molecule has 0 aromatic heterocycles. The number of carbonyl (C=O) groups excluding carboxylic acids is 2. The maximum atomic E-state index is 12.7. The van der Waals surface area contributed by atoms with Gasteiger partial charge in [-0.3, -0.25) is 9.59 Å². The van der Waals surface area contributed by atoms with Gasteiger partial charge in [-0.15, -0.1) is 0 Å². The topological polar surface area (TPSA) is 89.0 Å². The van der Waals surface area contributed by atoms with Gasteiger partial charge in [-0.05, 0) is 36.6 Å². The van der Waals surface area contributed by atoms with Gasteiger partial charge < -0.3 is 14.8 Å². The number of carbonyl (C=O) groups is 2. The third kappa shape index (κ3) is 7.41. The van der Waals surface area contributed by atoms with Gasteiger partial charge in [0.1, 0.15) is 6.04 Å². The Morgan fingerprint density at radius 1 is 1.06 bits per heavy atom. The minimum absolute atomic E-state index is 0.118. The van der Waals surface area contributed by atoms with Crippen molar-refractivity contribution in [3.8, 4) is 11.5 Å². The fourth-order valence-electron chi connectivity index (χ4n) is 3.06. The zero-order chi connectivity index (χ0) is 23.3. The molecule has 1 unspecified atom stereocenters. The molecule has 1 atom stereocenters.